The van der Waals surface area contributed by atoms with Crippen molar-refractivity contribution in [2.24, 2.45) is 0 Å². The molecule has 168 valence electrons. The van der Waals surface area contributed by atoms with Crippen LogP contribution in [0.4, 0.5) is 0 Å². The maximum atomic E-state index is 14.0. The summed E-state index contributed by atoms with van der Waals surface area (Å²) in [7, 11) is -4.11. The van der Waals surface area contributed by atoms with Gasteiger partial charge in [0.05, 0.1) is 0 Å². The van der Waals surface area contributed by atoms with Gasteiger partial charge in [-0.15, -0.1) is 0 Å². The van der Waals surface area contributed by atoms with Crippen molar-refractivity contribution in [1.29, 1.82) is 0 Å². The van der Waals surface area contributed by atoms with Gasteiger partial charge in [0.15, 0.2) is 4.91 Å². The van der Waals surface area contributed by atoms with Crippen LogP contribution in [0.15, 0.2) is 34.9 Å². The maximum absolute atomic E-state index is 14.0. The molecule has 1 heterocycles. The Morgan fingerprint density at radius 2 is 1.42 bits per heavy atom. The predicted molar refractivity (Wildman–Crippen MR) is 120 cm³/mol. The molecule has 0 aromatic heterocycles. The Hall–Kier alpha value is -1.99. The molecule has 1 saturated heterocycles. The van der Waals surface area contributed by atoms with Crippen molar-refractivity contribution in [1.82, 2.24) is 9.21 Å². The van der Waals surface area contributed by atoms with Gasteiger partial charge in [0.2, 0.25) is 21.6 Å². The van der Waals surface area contributed by atoms with Gasteiger partial charge in [-0.05, 0) is 25.7 Å². The fourth-order valence-corrected chi connectivity index (χ4v) is 7.26. The van der Waals surface area contributed by atoms with E-state index < -0.39 is 15.8 Å². The van der Waals surface area contributed by atoms with E-state index in [0.717, 1.165) is 57.8 Å². The van der Waals surface area contributed by atoms with Crippen LogP contribution in [0.2, 0.25) is 0 Å². The Morgan fingerprint density at radius 3 is 2.00 bits per heavy atom. The molecule has 3 aliphatic rings. The molecule has 1 aromatic carbocycles. The first-order valence-electron chi connectivity index (χ1n) is 11.7. The minimum absolute atomic E-state index is 0.0971. The second-order valence-corrected chi connectivity index (χ2v) is 10.6. The van der Waals surface area contributed by atoms with E-state index in [1.165, 1.54) is 4.31 Å². The number of Topliss-reactive ketones (excluding diaryl/α,β-unsaturated/α-hetero) is 2. The molecule has 31 heavy (non-hydrogen) atoms. The van der Waals surface area contributed by atoms with Crippen molar-refractivity contribution in [3.8, 4) is 0 Å². The van der Waals surface area contributed by atoms with Crippen molar-refractivity contribution in [3.05, 3.63) is 46.0 Å². The third kappa shape index (κ3) is 4.10. The molecular weight excluding hydrogens is 412 g/mol. The molecule has 1 aliphatic heterocycles. The smallest absolute Gasteiger partial charge is 0.249 e. The third-order valence-electron chi connectivity index (χ3n) is 6.84. The monoisotopic (exact) mass is 444 g/mol. The van der Waals surface area contributed by atoms with E-state index in [1.54, 1.807) is 24.3 Å². The van der Waals surface area contributed by atoms with E-state index in [2.05, 4.69) is 0 Å². The fraction of sp³-hybridized carbons (Fsp3) is 0.583. The molecule has 0 bridgehead atoms. The zero-order valence-corrected chi connectivity index (χ0v) is 19.1. The molecular formula is C24H32N2O4S. The van der Waals surface area contributed by atoms with E-state index in [-0.39, 0.29) is 28.0 Å². The van der Waals surface area contributed by atoms with Crippen LogP contribution in [0.1, 0.15) is 85.4 Å². The molecule has 1 saturated carbocycles. The number of allylic oxidation sites excluding steroid dienone is 2. The number of carbonyl (C=O) groups is 2. The number of hydrogen-bond acceptors (Lipinski definition) is 5. The maximum Gasteiger partial charge on any atom is 0.249 e. The van der Waals surface area contributed by atoms with Gasteiger partial charge in [-0.1, -0.05) is 63.3 Å². The summed E-state index contributed by atoms with van der Waals surface area (Å²) < 4.78 is 29.5. The summed E-state index contributed by atoms with van der Waals surface area (Å²) >= 11 is 0. The molecule has 1 aromatic rings. The summed E-state index contributed by atoms with van der Waals surface area (Å²) in [6.45, 7) is 3.32. The largest absolute Gasteiger partial charge is 0.367 e. The summed E-state index contributed by atoms with van der Waals surface area (Å²) in [6.07, 6.45) is 8.58. The number of fused-ring (bicyclic) bond motifs is 1. The lowest BCUT2D eigenvalue weighted by Gasteiger charge is -2.36. The second-order valence-electron chi connectivity index (χ2n) is 8.78. The highest BCUT2D eigenvalue weighted by Crippen LogP contribution is 2.36. The highest BCUT2D eigenvalue weighted by atomic mass is 32.2. The highest BCUT2D eigenvalue weighted by molar-refractivity contribution is 7.94. The van der Waals surface area contributed by atoms with Crippen molar-refractivity contribution < 1.29 is 18.0 Å². The Morgan fingerprint density at radius 1 is 0.871 bits per heavy atom. The standard InChI is InChI=1S/C24H32N2O4S/c1-2-26(18-12-6-5-7-13-18)31(29,30)24-21(25-16-10-3-4-11-17-25)22(27)19-14-8-9-15-20(19)23(24)28/h8-9,14-15,18H,2-7,10-13,16-17H2,1H3. The number of sulfonamides is 1. The molecule has 0 radical (unpaired) electrons. The van der Waals surface area contributed by atoms with Crippen LogP contribution in [-0.2, 0) is 10.0 Å². The molecule has 6 nitrogen and oxygen atoms in total. The van der Waals surface area contributed by atoms with Crippen LogP contribution in [0.25, 0.3) is 0 Å². The van der Waals surface area contributed by atoms with Crippen molar-refractivity contribution in [2.75, 3.05) is 19.6 Å². The number of carbonyl (C=O) groups excluding carboxylic acids is 2. The third-order valence-corrected chi connectivity index (χ3v) is 8.90. The first kappa shape index (κ1) is 22.2. The van der Waals surface area contributed by atoms with Gasteiger partial charge in [-0.25, -0.2) is 8.42 Å². The number of likely N-dealkylation sites (tertiary alicyclic amines) is 1. The van der Waals surface area contributed by atoms with E-state index >= 15 is 0 Å². The number of ketones is 2. The van der Waals surface area contributed by atoms with Crippen molar-refractivity contribution in [2.45, 2.75) is 70.8 Å². The van der Waals surface area contributed by atoms with Crippen LogP contribution >= 0.6 is 0 Å². The first-order valence-corrected chi connectivity index (χ1v) is 13.1. The average Bonchev–Trinajstić information content (AvgIpc) is 3.06. The summed E-state index contributed by atoms with van der Waals surface area (Å²) in [4.78, 5) is 28.8. The fourth-order valence-electron chi connectivity index (χ4n) is 5.27. The quantitative estimate of drug-likeness (QED) is 0.682. The van der Waals surface area contributed by atoms with Crippen LogP contribution in [0.3, 0.4) is 0 Å². The minimum atomic E-state index is -4.11. The number of rotatable bonds is 5. The summed E-state index contributed by atoms with van der Waals surface area (Å²) in [5.74, 6) is -0.876. The average molecular weight is 445 g/mol. The van der Waals surface area contributed by atoms with Crippen LogP contribution < -0.4 is 0 Å². The molecule has 7 heteroatoms. The first-order chi connectivity index (χ1) is 15.0. The topological polar surface area (TPSA) is 74.8 Å². The lowest BCUT2D eigenvalue weighted by atomic mass is 9.91. The number of hydrogen-bond donors (Lipinski definition) is 0. The molecule has 0 atom stereocenters. The number of nitrogens with zero attached hydrogens (tertiary/aromatic N) is 2. The van der Waals surface area contributed by atoms with Gasteiger partial charge < -0.3 is 4.90 Å². The van der Waals surface area contributed by atoms with Gasteiger partial charge in [0.1, 0.15) is 5.70 Å². The van der Waals surface area contributed by atoms with Gasteiger partial charge >= 0.3 is 0 Å². The Balaban J connectivity index is 1.87. The van der Waals surface area contributed by atoms with Crippen molar-refractivity contribution in [3.63, 3.8) is 0 Å². The Bertz CT molecular complexity index is 985. The van der Waals surface area contributed by atoms with E-state index in [0.29, 0.717) is 25.2 Å². The van der Waals surface area contributed by atoms with Gasteiger partial charge in [0, 0.05) is 36.8 Å². The van der Waals surface area contributed by atoms with Gasteiger partial charge in [0.25, 0.3) is 0 Å². The summed E-state index contributed by atoms with van der Waals surface area (Å²) in [5, 5.41) is 0. The van der Waals surface area contributed by atoms with Crippen LogP contribution in [0, 0.1) is 0 Å². The zero-order chi connectivity index (χ0) is 22.0. The van der Waals surface area contributed by atoms with Gasteiger partial charge in [-0.3, -0.25) is 9.59 Å². The molecule has 0 unspecified atom stereocenters. The highest BCUT2D eigenvalue weighted by Gasteiger charge is 2.45. The molecule has 0 amide bonds. The minimum Gasteiger partial charge on any atom is -0.367 e. The Labute approximate surface area is 185 Å². The lowest BCUT2D eigenvalue weighted by molar-refractivity contribution is 0.0946. The molecule has 4 rings (SSSR count). The second kappa shape index (κ2) is 9.25. The zero-order valence-electron chi connectivity index (χ0n) is 18.3. The summed E-state index contributed by atoms with van der Waals surface area (Å²) in [6, 6.07) is 6.51. The molecule has 0 N–H and O–H groups in total. The normalized spacial score (nSPS) is 21.4. The van der Waals surface area contributed by atoms with Gasteiger partial charge in [-0.2, -0.15) is 4.31 Å². The van der Waals surface area contributed by atoms with Crippen LogP contribution in [0.5, 0.6) is 0 Å². The SMILES string of the molecule is CCN(C1CCCCC1)S(=O)(=O)C1=C(N2CCCCCC2)C(=O)c2ccccc2C1=O. The van der Waals surface area contributed by atoms with E-state index in [1.807, 2.05) is 11.8 Å². The van der Waals surface area contributed by atoms with Crippen molar-refractivity contribution >= 4 is 21.6 Å². The Kier molecular flexibility index (Phi) is 6.63. The van der Waals surface area contributed by atoms with E-state index in [9.17, 15) is 18.0 Å². The molecule has 2 aliphatic carbocycles. The molecule has 0 spiro atoms. The summed E-state index contributed by atoms with van der Waals surface area (Å²) in [5.41, 5.74) is 0.607. The van der Waals surface area contributed by atoms with E-state index in [4.69, 9.17) is 0 Å². The lowest BCUT2D eigenvalue weighted by Crippen LogP contribution is -2.46. The predicted octanol–water partition coefficient (Wildman–Crippen LogP) is 4.14. The number of benzene rings is 1. The molecule has 2 fully saturated rings. The van der Waals surface area contributed by atoms with Crippen LogP contribution in [-0.4, -0.2) is 54.9 Å².